The molecule has 1 aromatic carbocycles. The van der Waals surface area contributed by atoms with Crippen LogP contribution in [0.1, 0.15) is 16.1 Å². The summed E-state index contributed by atoms with van der Waals surface area (Å²) in [6, 6.07) is 8.43. The van der Waals surface area contributed by atoms with Crippen LogP contribution < -0.4 is 5.43 Å². The van der Waals surface area contributed by atoms with Gasteiger partial charge in [0.05, 0.1) is 5.56 Å². The van der Waals surface area contributed by atoms with E-state index < -0.39 is 5.24 Å². The van der Waals surface area contributed by atoms with Crippen molar-refractivity contribution >= 4 is 28.4 Å². The van der Waals surface area contributed by atoms with Crippen molar-refractivity contribution in [2.75, 3.05) is 0 Å². The number of hydrogen-bond acceptors (Lipinski definition) is 2. The fraction of sp³-hybridized carbons (Fsp3) is 0.0769. The Hall–Kier alpha value is -1.58. The van der Waals surface area contributed by atoms with Crippen LogP contribution in [-0.2, 0) is 0 Å². The number of benzene rings is 1. The molecule has 18 heavy (non-hydrogen) atoms. The molecule has 0 unspecified atom stereocenters. The van der Waals surface area contributed by atoms with E-state index in [2.05, 4.69) is 0 Å². The molecule has 1 aromatic heterocycles. The number of aromatic nitrogens is 1. The summed E-state index contributed by atoms with van der Waals surface area (Å²) in [5.41, 5.74) is 1.09. The predicted octanol–water partition coefficient (Wildman–Crippen LogP) is 3.18. The SMILES string of the molecule is Cc1cc(=O)c(C(=O)Cl)cn1-c1ccc(Cl)cc1. The van der Waals surface area contributed by atoms with E-state index >= 15 is 0 Å². The Kier molecular flexibility index (Phi) is 3.55. The molecule has 0 bridgehead atoms. The first kappa shape index (κ1) is 12.9. The Morgan fingerprint density at radius 3 is 2.39 bits per heavy atom. The minimum Gasteiger partial charge on any atom is -0.320 e. The standard InChI is InChI=1S/C13H9Cl2NO2/c1-8-6-12(17)11(13(15)18)7-16(8)10-4-2-9(14)3-5-10/h2-7H,1H3. The number of pyridine rings is 1. The average Bonchev–Trinajstić information content (AvgIpc) is 2.30. The van der Waals surface area contributed by atoms with Gasteiger partial charge in [-0.3, -0.25) is 9.59 Å². The first-order valence-electron chi connectivity index (χ1n) is 5.18. The molecule has 0 fully saturated rings. The van der Waals surface area contributed by atoms with Crippen molar-refractivity contribution < 1.29 is 4.79 Å². The van der Waals surface area contributed by atoms with Crippen molar-refractivity contribution in [3.63, 3.8) is 0 Å². The number of hydrogen-bond donors (Lipinski definition) is 0. The van der Waals surface area contributed by atoms with Gasteiger partial charge in [0.25, 0.3) is 5.24 Å². The molecule has 0 spiro atoms. The van der Waals surface area contributed by atoms with Crippen LogP contribution >= 0.6 is 23.2 Å². The lowest BCUT2D eigenvalue weighted by Crippen LogP contribution is -2.16. The van der Waals surface area contributed by atoms with Gasteiger partial charge in [-0.25, -0.2) is 0 Å². The van der Waals surface area contributed by atoms with Crippen LogP contribution in [0.2, 0.25) is 5.02 Å². The van der Waals surface area contributed by atoms with Crippen LogP contribution in [-0.4, -0.2) is 9.81 Å². The summed E-state index contributed by atoms with van der Waals surface area (Å²) in [4.78, 5) is 22.7. The lowest BCUT2D eigenvalue weighted by Gasteiger charge is -2.11. The van der Waals surface area contributed by atoms with Crippen molar-refractivity contribution in [3.05, 3.63) is 63.0 Å². The Labute approximate surface area is 114 Å². The molecule has 1 heterocycles. The number of rotatable bonds is 2. The zero-order chi connectivity index (χ0) is 13.3. The molecule has 0 radical (unpaired) electrons. The van der Waals surface area contributed by atoms with Crippen molar-refractivity contribution in [1.82, 2.24) is 4.57 Å². The maximum atomic E-state index is 11.6. The topological polar surface area (TPSA) is 39.1 Å². The highest BCUT2D eigenvalue weighted by molar-refractivity contribution is 6.67. The molecule has 0 aliphatic carbocycles. The van der Waals surface area contributed by atoms with Crippen LogP contribution in [0.5, 0.6) is 0 Å². The van der Waals surface area contributed by atoms with Gasteiger partial charge in [0.15, 0.2) is 5.43 Å². The molecule has 0 atom stereocenters. The van der Waals surface area contributed by atoms with E-state index in [1.54, 1.807) is 35.8 Å². The second kappa shape index (κ2) is 4.96. The molecule has 5 heteroatoms. The van der Waals surface area contributed by atoms with Gasteiger partial charge in [0.2, 0.25) is 0 Å². The monoisotopic (exact) mass is 281 g/mol. The molecule has 2 rings (SSSR count). The Bertz CT molecular complexity index is 660. The normalized spacial score (nSPS) is 10.4. The van der Waals surface area contributed by atoms with E-state index in [4.69, 9.17) is 23.2 Å². The van der Waals surface area contributed by atoms with Gasteiger partial charge in [0, 0.05) is 28.7 Å². The summed E-state index contributed by atoms with van der Waals surface area (Å²) in [5.74, 6) is 0. The molecule has 2 aromatic rings. The molecule has 0 N–H and O–H groups in total. The zero-order valence-electron chi connectivity index (χ0n) is 9.48. The van der Waals surface area contributed by atoms with Crippen molar-refractivity contribution in [3.8, 4) is 5.69 Å². The van der Waals surface area contributed by atoms with Gasteiger partial charge in [-0.1, -0.05) is 11.6 Å². The maximum Gasteiger partial charge on any atom is 0.257 e. The van der Waals surface area contributed by atoms with E-state index in [1.165, 1.54) is 12.3 Å². The molecule has 0 saturated heterocycles. The van der Waals surface area contributed by atoms with Gasteiger partial charge in [-0.05, 0) is 42.8 Å². The highest BCUT2D eigenvalue weighted by atomic mass is 35.5. The third kappa shape index (κ3) is 2.47. The quantitative estimate of drug-likeness (QED) is 0.793. The average molecular weight is 282 g/mol. The van der Waals surface area contributed by atoms with E-state index in [-0.39, 0.29) is 11.0 Å². The van der Waals surface area contributed by atoms with Crippen LogP contribution in [0, 0.1) is 6.92 Å². The van der Waals surface area contributed by atoms with E-state index in [0.717, 1.165) is 5.69 Å². The smallest absolute Gasteiger partial charge is 0.257 e. The predicted molar refractivity (Wildman–Crippen MR) is 72.0 cm³/mol. The first-order valence-corrected chi connectivity index (χ1v) is 5.93. The molecule has 92 valence electrons. The van der Waals surface area contributed by atoms with Gasteiger partial charge in [0.1, 0.15) is 0 Å². The minimum absolute atomic E-state index is 0.0442. The van der Waals surface area contributed by atoms with Crippen molar-refractivity contribution in [2.24, 2.45) is 0 Å². The lowest BCUT2D eigenvalue weighted by molar-refractivity contribution is 0.108. The van der Waals surface area contributed by atoms with Crippen LogP contribution in [0.3, 0.4) is 0 Å². The second-order valence-corrected chi connectivity index (χ2v) is 4.59. The van der Waals surface area contributed by atoms with E-state index in [0.29, 0.717) is 10.7 Å². The van der Waals surface area contributed by atoms with Crippen LogP contribution in [0.4, 0.5) is 0 Å². The fourth-order valence-electron chi connectivity index (χ4n) is 1.66. The third-order valence-corrected chi connectivity index (χ3v) is 3.02. The van der Waals surface area contributed by atoms with Crippen molar-refractivity contribution in [1.29, 1.82) is 0 Å². The summed E-state index contributed by atoms with van der Waals surface area (Å²) >= 11 is 11.2. The second-order valence-electron chi connectivity index (χ2n) is 3.81. The Morgan fingerprint density at radius 2 is 1.83 bits per heavy atom. The highest BCUT2D eigenvalue weighted by Crippen LogP contribution is 2.15. The zero-order valence-corrected chi connectivity index (χ0v) is 11.0. The number of carbonyl (C=O) groups excluding carboxylic acids is 1. The van der Waals surface area contributed by atoms with Crippen LogP contribution in [0.25, 0.3) is 5.69 Å². The summed E-state index contributed by atoms with van der Waals surface area (Å²) < 4.78 is 1.72. The minimum atomic E-state index is -0.761. The van der Waals surface area contributed by atoms with E-state index in [9.17, 15) is 9.59 Å². The summed E-state index contributed by atoms with van der Waals surface area (Å²) in [7, 11) is 0. The van der Waals surface area contributed by atoms with E-state index in [1.807, 2.05) is 0 Å². The summed E-state index contributed by atoms with van der Waals surface area (Å²) in [5, 5.41) is -0.145. The number of nitrogens with zero attached hydrogens (tertiary/aromatic N) is 1. The molecule has 0 aliphatic heterocycles. The largest absolute Gasteiger partial charge is 0.320 e. The van der Waals surface area contributed by atoms with Gasteiger partial charge in [-0.15, -0.1) is 0 Å². The Balaban J connectivity index is 2.64. The molecular formula is C13H9Cl2NO2. The molecular weight excluding hydrogens is 273 g/mol. The molecule has 0 saturated carbocycles. The summed E-state index contributed by atoms with van der Waals surface area (Å²) in [6.45, 7) is 1.78. The highest BCUT2D eigenvalue weighted by Gasteiger charge is 2.10. The molecule has 0 aliphatic rings. The maximum absolute atomic E-state index is 11.6. The fourth-order valence-corrected chi connectivity index (χ4v) is 1.93. The Morgan fingerprint density at radius 1 is 1.22 bits per heavy atom. The van der Waals surface area contributed by atoms with Crippen LogP contribution in [0.15, 0.2) is 41.3 Å². The lowest BCUT2D eigenvalue weighted by atomic mass is 10.2. The van der Waals surface area contributed by atoms with Gasteiger partial charge in [-0.2, -0.15) is 0 Å². The van der Waals surface area contributed by atoms with Gasteiger partial charge >= 0.3 is 0 Å². The molecule has 3 nitrogen and oxygen atoms in total. The first-order chi connectivity index (χ1) is 8.49. The molecule has 0 amide bonds. The summed E-state index contributed by atoms with van der Waals surface area (Å²) in [6.07, 6.45) is 1.44. The van der Waals surface area contributed by atoms with Gasteiger partial charge < -0.3 is 4.57 Å². The van der Waals surface area contributed by atoms with Crippen molar-refractivity contribution in [2.45, 2.75) is 6.92 Å². The number of halogens is 2. The number of carbonyl (C=O) groups is 1. The number of aryl methyl sites for hydroxylation is 1. The third-order valence-electron chi connectivity index (χ3n) is 2.56.